The molecule has 1 saturated heterocycles. The number of piperidine rings is 1. The predicted octanol–water partition coefficient (Wildman–Crippen LogP) is 3.70. The maximum atomic E-state index is 12.8. The maximum absolute atomic E-state index is 12.8. The number of hydrogen-bond donors (Lipinski definition) is 2. The Bertz CT molecular complexity index is 976. The zero-order valence-electron chi connectivity index (χ0n) is 16.0. The lowest BCUT2D eigenvalue weighted by atomic mass is 10.0. The highest BCUT2D eigenvalue weighted by Crippen LogP contribution is 2.24. The van der Waals surface area contributed by atoms with Gasteiger partial charge in [0.05, 0.1) is 4.90 Å². The quantitative estimate of drug-likeness (QED) is 0.538. The second kappa shape index (κ2) is 9.62. The Morgan fingerprint density at radius 3 is 2.52 bits per heavy atom. The second-order valence-electron chi connectivity index (χ2n) is 6.90. The van der Waals surface area contributed by atoms with E-state index in [0.717, 1.165) is 17.7 Å². The van der Waals surface area contributed by atoms with Crippen molar-refractivity contribution in [3.05, 3.63) is 52.7 Å². The molecule has 0 atom stereocenters. The van der Waals surface area contributed by atoms with Gasteiger partial charge < -0.3 is 5.32 Å². The largest absolute Gasteiger partial charge is 0.332 e. The van der Waals surface area contributed by atoms with Crippen molar-refractivity contribution in [1.82, 2.24) is 9.62 Å². The summed E-state index contributed by atoms with van der Waals surface area (Å²) in [5.41, 5.74) is 0.601. The van der Waals surface area contributed by atoms with Crippen LogP contribution in [0.25, 0.3) is 6.08 Å². The molecular weight excluding hydrogens is 426 g/mol. The van der Waals surface area contributed by atoms with Crippen LogP contribution in [0.4, 0.5) is 5.69 Å². The number of nitrogens with one attached hydrogen (secondary N) is 2. The Kier molecular flexibility index (Phi) is 7.18. The van der Waals surface area contributed by atoms with Crippen molar-refractivity contribution in [3.8, 4) is 0 Å². The van der Waals surface area contributed by atoms with Crippen molar-refractivity contribution < 1.29 is 13.2 Å². The third-order valence-corrected chi connectivity index (χ3v) is 7.63. The molecule has 1 aliphatic rings. The molecule has 2 heterocycles. The van der Waals surface area contributed by atoms with Crippen LogP contribution in [0.15, 0.2) is 52.7 Å². The SMILES string of the molecule is CC1CCN(S(=O)(=O)c2ccc(NC(=S)NC(=O)/C=C/c3cccs3)cc2)CC1. The number of hydrogen-bond acceptors (Lipinski definition) is 5. The lowest BCUT2D eigenvalue weighted by Gasteiger charge is -2.29. The van der Waals surface area contributed by atoms with E-state index in [1.165, 1.54) is 17.4 Å². The van der Waals surface area contributed by atoms with Crippen LogP contribution in [0.3, 0.4) is 0 Å². The van der Waals surface area contributed by atoms with Gasteiger partial charge in [0.2, 0.25) is 15.9 Å². The molecule has 0 radical (unpaired) electrons. The van der Waals surface area contributed by atoms with Crippen LogP contribution in [0.5, 0.6) is 0 Å². The first kappa shape index (κ1) is 21.6. The van der Waals surface area contributed by atoms with E-state index in [9.17, 15) is 13.2 Å². The summed E-state index contributed by atoms with van der Waals surface area (Å²) in [5.74, 6) is 0.221. The van der Waals surface area contributed by atoms with Gasteiger partial charge in [-0.15, -0.1) is 11.3 Å². The number of thiocarbonyl (C=S) groups is 1. The van der Waals surface area contributed by atoms with Crippen LogP contribution >= 0.6 is 23.6 Å². The molecule has 1 aromatic heterocycles. The Morgan fingerprint density at radius 2 is 1.90 bits per heavy atom. The molecule has 9 heteroatoms. The summed E-state index contributed by atoms with van der Waals surface area (Å²) in [7, 11) is -3.48. The summed E-state index contributed by atoms with van der Waals surface area (Å²) in [5, 5.41) is 7.53. The highest BCUT2D eigenvalue weighted by atomic mass is 32.2. The molecule has 0 spiro atoms. The third-order valence-electron chi connectivity index (χ3n) is 4.67. The summed E-state index contributed by atoms with van der Waals surface area (Å²) in [6.07, 6.45) is 4.89. The van der Waals surface area contributed by atoms with Gasteiger partial charge in [-0.05, 0) is 72.8 Å². The Labute approximate surface area is 180 Å². The van der Waals surface area contributed by atoms with Crippen molar-refractivity contribution in [1.29, 1.82) is 0 Å². The van der Waals surface area contributed by atoms with E-state index in [2.05, 4.69) is 17.6 Å². The molecule has 154 valence electrons. The van der Waals surface area contributed by atoms with Gasteiger partial charge >= 0.3 is 0 Å². The maximum Gasteiger partial charge on any atom is 0.250 e. The van der Waals surface area contributed by atoms with Gasteiger partial charge in [-0.3, -0.25) is 10.1 Å². The highest BCUT2D eigenvalue weighted by Gasteiger charge is 2.27. The normalized spacial score (nSPS) is 16.0. The van der Waals surface area contributed by atoms with Crippen LogP contribution in [-0.4, -0.2) is 36.8 Å². The summed E-state index contributed by atoms with van der Waals surface area (Å²) < 4.78 is 27.1. The first-order valence-electron chi connectivity index (χ1n) is 9.28. The van der Waals surface area contributed by atoms with E-state index in [1.807, 2.05) is 17.5 Å². The van der Waals surface area contributed by atoms with E-state index >= 15 is 0 Å². The standard InChI is InChI=1S/C20H23N3O3S3/c1-15-10-12-23(13-11-15)29(25,26)18-7-4-16(5-8-18)21-20(27)22-19(24)9-6-17-3-2-14-28-17/h2-9,14-15H,10-13H2,1H3,(H2,21,22,24,27)/b9-6+. The molecule has 29 heavy (non-hydrogen) atoms. The van der Waals surface area contributed by atoms with Gasteiger partial charge in [-0.25, -0.2) is 8.42 Å². The molecule has 1 aliphatic heterocycles. The monoisotopic (exact) mass is 449 g/mol. The summed E-state index contributed by atoms with van der Waals surface area (Å²) in [6.45, 7) is 3.25. The number of carbonyl (C=O) groups excluding carboxylic acids is 1. The molecule has 0 aliphatic carbocycles. The fraction of sp³-hybridized carbons (Fsp3) is 0.300. The molecule has 0 unspecified atom stereocenters. The Balaban J connectivity index is 1.55. The Morgan fingerprint density at radius 1 is 1.21 bits per heavy atom. The van der Waals surface area contributed by atoms with E-state index in [-0.39, 0.29) is 15.9 Å². The highest BCUT2D eigenvalue weighted by molar-refractivity contribution is 7.89. The fourth-order valence-corrected chi connectivity index (χ4v) is 5.25. The number of nitrogens with zero attached hydrogens (tertiary/aromatic N) is 1. The lowest BCUT2D eigenvalue weighted by molar-refractivity contribution is -0.115. The molecule has 2 N–H and O–H groups in total. The molecule has 1 amide bonds. The van der Waals surface area contributed by atoms with E-state index in [4.69, 9.17) is 12.2 Å². The molecule has 3 rings (SSSR count). The van der Waals surface area contributed by atoms with Crippen LogP contribution in [0.1, 0.15) is 24.6 Å². The number of benzene rings is 1. The van der Waals surface area contributed by atoms with Crippen LogP contribution in [0, 0.1) is 5.92 Å². The van der Waals surface area contributed by atoms with E-state index in [0.29, 0.717) is 24.7 Å². The number of carbonyl (C=O) groups is 1. The smallest absolute Gasteiger partial charge is 0.250 e. The molecule has 0 bridgehead atoms. The molecule has 0 saturated carbocycles. The average Bonchev–Trinajstić information content (AvgIpc) is 3.21. The first-order chi connectivity index (χ1) is 13.8. The number of sulfonamides is 1. The average molecular weight is 450 g/mol. The van der Waals surface area contributed by atoms with Crippen LogP contribution in [0.2, 0.25) is 0 Å². The number of rotatable bonds is 5. The van der Waals surface area contributed by atoms with Gasteiger partial charge in [0.25, 0.3) is 0 Å². The van der Waals surface area contributed by atoms with Gasteiger partial charge in [-0.2, -0.15) is 4.31 Å². The van der Waals surface area contributed by atoms with Crippen LogP contribution in [-0.2, 0) is 14.8 Å². The second-order valence-corrected chi connectivity index (χ2v) is 10.2. The zero-order chi connectivity index (χ0) is 20.9. The van der Waals surface area contributed by atoms with Gasteiger partial charge in [0.1, 0.15) is 0 Å². The number of anilines is 1. The predicted molar refractivity (Wildman–Crippen MR) is 121 cm³/mol. The number of thiophene rings is 1. The van der Waals surface area contributed by atoms with Gasteiger partial charge in [0.15, 0.2) is 5.11 Å². The van der Waals surface area contributed by atoms with E-state index < -0.39 is 10.0 Å². The van der Waals surface area contributed by atoms with Crippen molar-refractivity contribution in [2.24, 2.45) is 5.92 Å². The minimum atomic E-state index is -3.48. The third kappa shape index (κ3) is 5.96. The Hall–Kier alpha value is -2.07. The minimum Gasteiger partial charge on any atom is -0.332 e. The van der Waals surface area contributed by atoms with Gasteiger partial charge in [-0.1, -0.05) is 13.0 Å². The fourth-order valence-electron chi connectivity index (χ4n) is 2.94. The topological polar surface area (TPSA) is 78.5 Å². The minimum absolute atomic E-state index is 0.145. The summed E-state index contributed by atoms with van der Waals surface area (Å²) in [6, 6.07) is 10.2. The van der Waals surface area contributed by atoms with Gasteiger partial charge in [0, 0.05) is 29.7 Å². The van der Waals surface area contributed by atoms with Crippen molar-refractivity contribution in [2.45, 2.75) is 24.7 Å². The molecule has 1 aromatic carbocycles. The van der Waals surface area contributed by atoms with Crippen molar-refractivity contribution >= 4 is 56.4 Å². The summed E-state index contributed by atoms with van der Waals surface area (Å²) >= 11 is 6.68. The molecule has 6 nitrogen and oxygen atoms in total. The lowest BCUT2D eigenvalue weighted by Crippen LogP contribution is -2.37. The molecule has 2 aromatic rings. The van der Waals surface area contributed by atoms with Crippen LogP contribution < -0.4 is 10.6 Å². The van der Waals surface area contributed by atoms with E-state index in [1.54, 1.807) is 34.6 Å². The first-order valence-corrected chi connectivity index (χ1v) is 12.0. The number of amides is 1. The van der Waals surface area contributed by atoms with Crippen molar-refractivity contribution in [3.63, 3.8) is 0 Å². The summed E-state index contributed by atoms with van der Waals surface area (Å²) in [4.78, 5) is 13.1. The molecular formula is C20H23N3O3S3. The van der Waals surface area contributed by atoms with Crippen molar-refractivity contribution in [2.75, 3.05) is 18.4 Å². The zero-order valence-corrected chi connectivity index (χ0v) is 18.4. The molecule has 1 fully saturated rings.